The Hall–Kier alpha value is -2.74. The molecule has 0 spiro atoms. The zero-order chi connectivity index (χ0) is 16.8. The van der Waals surface area contributed by atoms with E-state index >= 15 is 0 Å². The van der Waals surface area contributed by atoms with E-state index in [1.807, 2.05) is 0 Å². The van der Waals surface area contributed by atoms with Crippen LogP contribution in [0.25, 0.3) is 0 Å². The highest BCUT2D eigenvalue weighted by Crippen LogP contribution is 2.27. The zero-order valence-corrected chi connectivity index (χ0v) is 13.4. The standard InChI is InChI=1S/C15H15N3O4S/c1-3-22-14(21)10-4-6-11(7-5-10)16-8-12-13(20)18-15(23-12)17-9(2)19/h4-8,20H,3H2,1-2H3,(H,17,18,19). The molecule has 0 bridgehead atoms. The summed E-state index contributed by atoms with van der Waals surface area (Å²) in [4.78, 5) is 30.9. The molecule has 7 nitrogen and oxygen atoms in total. The number of rotatable bonds is 5. The number of hydrogen-bond acceptors (Lipinski definition) is 7. The van der Waals surface area contributed by atoms with Crippen molar-refractivity contribution in [2.75, 3.05) is 11.9 Å². The van der Waals surface area contributed by atoms with Crippen LogP contribution < -0.4 is 5.32 Å². The van der Waals surface area contributed by atoms with E-state index in [9.17, 15) is 14.7 Å². The van der Waals surface area contributed by atoms with Crippen LogP contribution in [0.5, 0.6) is 5.88 Å². The van der Waals surface area contributed by atoms with E-state index in [-0.39, 0.29) is 17.8 Å². The van der Waals surface area contributed by atoms with Gasteiger partial charge in [-0.15, -0.1) is 0 Å². The molecule has 0 saturated carbocycles. The monoisotopic (exact) mass is 333 g/mol. The fourth-order valence-corrected chi connectivity index (χ4v) is 2.42. The number of aromatic hydroxyl groups is 1. The molecule has 0 unspecified atom stereocenters. The molecule has 0 aliphatic rings. The number of carbonyl (C=O) groups excluding carboxylic acids is 2. The lowest BCUT2D eigenvalue weighted by Crippen LogP contribution is -2.04. The predicted octanol–water partition coefficient (Wildman–Crippen LogP) is 2.73. The predicted molar refractivity (Wildman–Crippen MR) is 87.7 cm³/mol. The number of anilines is 1. The average molecular weight is 333 g/mol. The summed E-state index contributed by atoms with van der Waals surface area (Å²) in [5.41, 5.74) is 1.05. The SMILES string of the molecule is CCOC(=O)c1ccc(N=Cc2sc(NC(C)=O)nc2O)cc1. The molecule has 0 fully saturated rings. The Morgan fingerprint density at radius 1 is 1.39 bits per heavy atom. The Morgan fingerprint density at radius 2 is 2.09 bits per heavy atom. The maximum Gasteiger partial charge on any atom is 0.338 e. The molecule has 1 aromatic carbocycles. The molecular formula is C15H15N3O4S. The summed E-state index contributed by atoms with van der Waals surface area (Å²) >= 11 is 1.11. The highest BCUT2D eigenvalue weighted by Gasteiger charge is 2.09. The lowest BCUT2D eigenvalue weighted by Gasteiger charge is -2.01. The number of nitrogens with zero attached hydrogens (tertiary/aromatic N) is 2. The van der Waals surface area contributed by atoms with E-state index in [2.05, 4.69) is 15.3 Å². The number of benzene rings is 1. The molecule has 2 aromatic rings. The van der Waals surface area contributed by atoms with Gasteiger partial charge in [-0.3, -0.25) is 9.79 Å². The van der Waals surface area contributed by atoms with Gasteiger partial charge in [-0.2, -0.15) is 4.98 Å². The van der Waals surface area contributed by atoms with E-state index in [0.29, 0.717) is 27.9 Å². The molecule has 120 valence electrons. The van der Waals surface area contributed by atoms with Gasteiger partial charge in [0, 0.05) is 6.92 Å². The van der Waals surface area contributed by atoms with Gasteiger partial charge in [0.2, 0.25) is 11.8 Å². The minimum Gasteiger partial charge on any atom is -0.492 e. The first-order valence-electron chi connectivity index (χ1n) is 6.78. The van der Waals surface area contributed by atoms with Gasteiger partial charge in [0.1, 0.15) is 4.88 Å². The third kappa shape index (κ3) is 4.62. The summed E-state index contributed by atoms with van der Waals surface area (Å²) in [6.45, 7) is 3.42. The van der Waals surface area contributed by atoms with Gasteiger partial charge in [0.15, 0.2) is 5.13 Å². The number of ether oxygens (including phenoxy) is 1. The number of amides is 1. The fraction of sp³-hybridized carbons (Fsp3) is 0.200. The van der Waals surface area contributed by atoms with Gasteiger partial charge in [0.05, 0.1) is 24.1 Å². The largest absolute Gasteiger partial charge is 0.492 e. The van der Waals surface area contributed by atoms with Crippen LogP contribution in [0.4, 0.5) is 10.8 Å². The van der Waals surface area contributed by atoms with E-state index < -0.39 is 0 Å². The summed E-state index contributed by atoms with van der Waals surface area (Å²) in [5, 5.41) is 12.5. The van der Waals surface area contributed by atoms with Crippen LogP contribution in [0.2, 0.25) is 0 Å². The van der Waals surface area contributed by atoms with Crippen molar-refractivity contribution in [2.45, 2.75) is 13.8 Å². The number of carbonyl (C=O) groups is 2. The fourth-order valence-electron chi connectivity index (χ4n) is 1.64. The van der Waals surface area contributed by atoms with E-state index in [1.54, 1.807) is 31.2 Å². The number of aromatic nitrogens is 1. The summed E-state index contributed by atoms with van der Waals surface area (Å²) in [7, 11) is 0. The quantitative estimate of drug-likeness (QED) is 0.647. The number of esters is 1. The maximum atomic E-state index is 11.5. The third-order valence-electron chi connectivity index (χ3n) is 2.63. The zero-order valence-electron chi connectivity index (χ0n) is 12.6. The number of hydrogen-bond donors (Lipinski definition) is 2. The molecule has 1 heterocycles. The molecule has 0 saturated heterocycles. The highest BCUT2D eigenvalue weighted by molar-refractivity contribution is 7.17. The van der Waals surface area contributed by atoms with Crippen molar-refractivity contribution >= 4 is 40.2 Å². The summed E-state index contributed by atoms with van der Waals surface area (Å²) in [6, 6.07) is 6.55. The van der Waals surface area contributed by atoms with Gasteiger partial charge in [-0.25, -0.2) is 4.79 Å². The Bertz CT molecular complexity index is 738. The molecule has 0 aliphatic heterocycles. The van der Waals surface area contributed by atoms with Crippen molar-refractivity contribution in [1.82, 2.24) is 4.98 Å². The van der Waals surface area contributed by atoms with Gasteiger partial charge >= 0.3 is 5.97 Å². The van der Waals surface area contributed by atoms with Crippen molar-refractivity contribution in [1.29, 1.82) is 0 Å². The first kappa shape index (κ1) is 16.6. The number of nitrogens with one attached hydrogen (secondary N) is 1. The molecule has 23 heavy (non-hydrogen) atoms. The Balaban J connectivity index is 2.09. The second kappa shape index (κ2) is 7.50. The smallest absolute Gasteiger partial charge is 0.338 e. The van der Waals surface area contributed by atoms with Gasteiger partial charge in [0.25, 0.3) is 0 Å². The third-order valence-corrected chi connectivity index (χ3v) is 3.52. The molecule has 2 rings (SSSR count). The molecule has 1 aromatic heterocycles. The molecule has 2 N–H and O–H groups in total. The number of thiazole rings is 1. The first-order chi connectivity index (χ1) is 11.0. The van der Waals surface area contributed by atoms with E-state index in [1.165, 1.54) is 13.1 Å². The topological polar surface area (TPSA) is 101 Å². The Kier molecular flexibility index (Phi) is 5.42. The van der Waals surface area contributed by atoms with Crippen LogP contribution in [-0.4, -0.2) is 34.8 Å². The second-order valence-corrected chi connectivity index (χ2v) is 5.44. The van der Waals surface area contributed by atoms with Crippen LogP contribution in [0.1, 0.15) is 29.1 Å². The minimum atomic E-state index is -0.386. The molecular weight excluding hydrogens is 318 g/mol. The molecule has 1 amide bonds. The van der Waals surface area contributed by atoms with Gasteiger partial charge in [-0.05, 0) is 31.2 Å². The minimum absolute atomic E-state index is 0.203. The van der Waals surface area contributed by atoms with Crippen LogP contribution in [0.15, 0.2) is 29.3 Å². The first-order valence-corrected chi connectivity index (χ1v) is 7.60. The normalized spacial score (nSPS) is 10.7. The summed E-state index contributed by atoms with van der Waals surface area (Å²) in [5.74, 6) is -0.856. The summed E-state index contributed by atoms with van der Waals surface area (Å²) in [6.07, 6.45) is 1.44. The molecule has 0 atom stereocenters. The van der Waals surface area contributed by atoms with Crippen LogP contribution >= 0.6 is 11.3 Å². The highest BCUT2D eigenvalue weighted by atomic mass is 32.1. The summed E-state index contributed by atoms with van der Waals surface area (Å²) < 4.78 is 4.90. The van der Waals surface area contributed by atoms with Crippen molar-refractivity contribution in [3.05, 3.63) is 34.7 Å². The lowest BCUT2D eigenvalue weighted by molar-refractivity contribution is -0.114. The van der Waals surface area contributed by atoms with Gasteiger partial charge < -0.3 is 15.2 Å². The van der Waals surface area contributed by atoms with Crippen molar-refractivity contribution in [3.63, 3.8) is 0 Å². The van der Waals surface area contributed by atoms with E-state index in [4.69, 9.17) is 4.74 Å². The number of aliphatic imine (C=N–C) groups is 1. The molecule has 0 radical (unpaired) electrons. The molecule has 0 aliphatic carbocycles. The lowest BCUT2D eigenvalue weighted by atomic mass is 10.2. The van der Waals surface area contributed by atoms with Crippen LogP contribution in [-0.2, 0) is 9.53 Å². The van der Waals surface area contributed by atoms with Crippen molar-refractivity contribution < 1.29 is 19.4 Å². The second-order valence-electron chi connectivity index (χ2n) is 4.41. The van der Waals surface area contributed by atoms with Crippen LogP contribution in [0, 0.1) is 0 Å². The van der Waals surface area contributed by atoms with Crippen molar-refractivity contribution in [2.24, 2.45) is 4.99 Å². The average Bonchev–Trinajstić information content (AvgIpc) is 2.85. The van der Waals surface area contributed by atoms with Crippen LogP contribution in [0.3, 0.4) is 0 Å². The maximum absolute atomic E-state index is 11.5. The van der Waals surface area contributed by atoms with E-state index in [0.717, 1.165) is 11.3 Å². The molecule has 8 heteroatoms. The Morgan fingerprint density at radius 3 is 2.70 bits per heavy atom. The van der Waals surface area contributed by atoms with Crippen molar-refractivity contribution in [3.8, 4) is 5.88 Å². The Labute approximate surface area is 136 Å². The van der Waals surface area contributed by atoms with Gasteiger partial charge in [-0.1, -0.05) is 11.3 Å².